The predicted octanol–water partition coefficient (Wildman–Crippen LogP) is 3.47. The standard InChI is InChI=1S/C12H13Cl2N/c1-2-3-11(15)6-4-9-8-10(13)5-7-12(9)14/h5,7-8,11H,2-3,15H2,1H3. The van der Waals surface area contributed by atoms with Gasteiger partial charge in [0, 0.05) is 10.6 Å². The number of hydrogen-bond donors (Lipinski definition) is 1. The normalized spacial score (nSPS) is 11.7. The lowest BCUT2D eigenvalue weighted by Crippen LogP contribution is -2.16. The largest absolute Gasteiger partial charge is 0.318 e. The van der Waals surface area contributed by atoms with Crippen molar-refractivity contribution in [3.05, 3.63) is 33.8 Å². The van der Waals surface area contributed by atoms with Crippen LogP contribution in [-0.4, -0.2) is 6.04 Å². The summed E-state index contributed by atoms with van der Waals surface area (Å²) in [7, 11) is 0. The summed E-state index contributed by atoms with van der Waals surface area (Å²) in [6, 6.07) is 5.13. The minimum atomic E-state index is -0.0925. The number of nitrogens with two attached hydrogens (primary N) is 1. The fraction of sp³-hybridized carbons (Fsp3) is 0.333. The molecule has 0 saturated heterocycles. The second-order valence-electron chi connectivity index (χ2n) is 3.29. The van der Waals surface area contributed by atoms with Crippen LogP contribution in [0.1, 0.15) is 25.3 Å². The third-order valence-corrected chi connectivity index (χ3v) is 2.49. The minimum Gasteiger partial charge on any atom is -0.318 e. The van der Waals surface area contributed by atoms with Crippen molar-refractivity contribution in [3.63, 3.8) is 0 Å². The maximum absolute atomic E-state index is 5.95. The second kappa shape index (κ2) is 6.02. The molecule has 1 unspecified atom stereocenters. The van der Waals surface area contributed by atoms with Gasteiger partial charge in [0.15, 0.2) is 0 Å². The van der Waals surface area contributed by atoms with Crippen LogP contribution < -0.4 is 5.73 Å². The Balaban J connectivity index is 2.83. The molecule has 0 aliphatic heterocycles. The van der Waals surface area contributed by atoms with Gasteiger partial charge in [0.2, 0.25) is 0 Å². The van der Waals surface area contributed by atoms with Crippen molar-refractivity contribution in [1.82, 2.24) is 0 Å². The fourth-order valence-corrected chi connectivity index (χ4v) is 1.48. The third kappa shape index (κ3) is 4.13. The van der Waals surface area contributed by atoms with E-state index in [0.29, 0.717) is 10.0 Å². The Morgan fingerprint density at radius 1 is 1.40 bits per heavy atom. The number of rotatable bonds is 2. The molecule has 0 fully saturated rings. The van der Waals surface area contributed by atoms with Gasteiger partial charge in [-0.3, -0.25) is 0 Å². The highest BCUT2D eigenvalue weighted by atomic mass is 35.5. The number of hydrogen-bond acceptors (Lipinski definition) is 1. The fourth-order valence-electron chi connectivity index (χ4n) is 1.15. The van der Waals surface area contributed by atoms with E-state index in [-0.39, 0.29) is 6.04 Å². The summed E-state index contributed by atoms with van der Waals surface area (Å²) in [6.07, 6.45) is 1.92. The van der Waals surface area contributed by atoms with E-state index in [1.165, 1.54) is 0 Å². The van der Waals surface area contributed by atoms with Gasteiger partial charge in [-0.2, -0.15) is 0 Å². The monoisotopic (exact) mass is 241 g/mol. The first kappa shape index (κ1) is 12.4. The molecule has 0 amide bonds. The van der Waals surface area contributed by atoms with Crippen molar-refractivity contribution in [2.45, 2.75) is 25.8 Å². The molecule has 0 aliphatic carbocycles. The molecule has 1 rings (SSSR count). The summed E-state index contributed by atoms with van der Waals surface area (Å²) >= 11 is 11.8. The van der Waals surface area contributed by atoms with Crippen molar-refractivity contribution >= 4 is 23.2 Å². The van der Waals surface area contributed by atoms with Crippen LogP contribution in [0.3, 0.4) is 0 Å². The smallest absolute Gasteiger partial charge is 0.0668 e. The summed E-state index contributed by atoms with van der Waals surface area (Å²) < 4.78 is 0. The zero-order valence-corrected chi connectivity index (χ0v) is 10.1. The minimum absolute atomic E-state index is 0.0925. The summed E-state index contributed by atoms with van der Waals surface area (Å²) in [5.41, 5.74) is 6.50. The van der Waals surface area contributed by atoms with E-state index in [2.05, 4.69) is 18.8 Å². The Labute approximate surface area is 101 Å². The van der Waals surface area contributed by atoms with E-state index in [1.807, 2.05) is 0 Å². The SMILES string of the molecule is CCCC(N)C#Cc1cc(Cl)ccc1Cl. The first-order valence-corrected chi connectivity index (χ1v) is 5.61. The summed E-state index contributed by atoms with van der Waals surface area (Å²) in [6.45, 7) is 2.08. The molecular formula is C12H13Cl2N. The molecule has 0 bridgehead atoms. The molecule has 3 heteroatoms. The van der Waals surface area contributed by atoms with Crippen molar-refractivity contribution in [1.29, 1.82) is 0 Å². The Hall–Kier alpha value is -0.680. The third-order valence-electron chi connectivity index (χ3n) is 1.92. The van der Waals surface area contributed by atoms with E-state index in [9.17, 15) is 0 Å². The molecule has 1 aromatic rings. The van der Waals surface area contributed by atoms with Gasteiger partial charge in [0.25, 0.3) is 0 Å². The van der Waals surface area contributed by atoms with Gasteiger partial charge in [-0.1, -0.05) is 48.4 Å². The zero-order chi connectivity index (χ0) is 11.3. The summed E-state index contributed by atoms with van der Waals surface area (Å²) in [5, 5.41) is 1.24. The van der Waals surface area contributed by atoms with Crippen LogP contribution in [0.2, 0.25) is 10.0 Å². The number of halogens is 2. The molecule has 0 aromatic heterocycles. The molecule has 1 aromatic carbocycles. The topological polar surface area (TPSA) is 26.0 Å². The Kier molecular flexibility index (Phi) is 4.98. The van der Waals surface area contributed by atoms with Gasteiger partial charge in [-0.05, 0) is 24.6 Å². The van der Waals surface area contributed by atoms with Gasteiger partial charge in [0.05, 0.1) is 11.1 Å². The van der Waals surface area contributed by atoms with E-state index >= 15 is 0 Å². The van der Waals surface area contributed by atoms with Crippen LogP contribution in [0.15, 0.2) is 18.2 Å². The van der Waals surface area contributed by atoms with Crippen LogP contribution in [0.25, 0.3) is 0 Å². The molecule has 0 aliphatic rings. The van der Waals surface area contributed by atoms with Crippen molar-refractivity contribution in [3.8, 4) is 11.8 Å². The highest BCUT2D eigenvalue weighted by molar-refractivity contribution is 6.33. The van der Waals surface area contributed by atoms with Crippen LogP contribution in [0, 0.1) is 11.8 Å². The molecule has 80 valence electrons. The molecule has 1 nitrogen and oxygen atoms in total. The van der Waals surface area contributed by atoms with Crippen molar-refractivity contribution < 1.29 is 0 Å². The van der Waals surface area contributed by atoms with Gasteiger partial charge < -0.3 is 5.73 Å². The van der Waals surface area contributed by atoms with E-state index in [1.54, 1.807) is 18.2 Å². The maximum Gasteiger partial charge on any atom is 0.0668 e. The molecule has 2 N–H and O–H groups in total. The predicted molar refractivity (Wildman–Crippen MR) is 66.2 cm³/mol. The van der Waals surface area contributed by atoms with Gasteiger partial charge >= 0.3 is 0 Å². The lowest BCUT2D eigenvalue weighted by atomic mass is 10.1. The average Bonchev–Trinajstić information content (AvgIpc) is 2.20. The lowest BCUT2D eigenvalue weighted by Gasteiger charge is -2.00. The average molecular weight is 242 g/mol. The van der Waals surface area contributed by atoms with E-state index in [4.69, 9.17) is 28.9 Å². The van der Waals surface area contributed by atoms with Crippen LogP contribution in [-0.2, 0) is 0 Å². The van der Waals surface area contributed by atoms with Gasteiger partial charge in [0.1, 0.15) is 0 Å². The number of benzene rings is 1. The molecule has 15 heavy (non-hydrogen) atoms. The quantitative estimate of drug-likeness (QED) is 0.789. The van der Waals surface area contributed by atoms with Gasteiger partial charge in [-0.15, -0.1) is 0 Å². The van der Waals surface area contributed by atoms with Crippen molar-refractivity contribution in [2.24, 2.45) is 5.73 Å². The molecule has 1 atom stereocenters. The zero-order valence-electron chi connectivity index (χ0n) is 8.56. The van der Waals surface area contributed by atoms with Crippen LogP contribution in [0.4, 0.5) is 0 Å². The maximum atomic E-state index is 5.95. The summed E-state index contributed by atoms with van der Waals surface area (Å²) in [5.74, 6) is 5.90. The van der Waals surface area contributed by atoms with Gasteiger partial charge in [-0.25, -0.2) is 0 Å². The summed E-state index contributed by atoms with van der Waals surface area (Å²) in [4.78, 5) is 0. The first-order valence-electron chi connectivity index (χ1n) is 4.85. The van der Waals surface area contributed by atoms with Crippen LogP contribution >= 0.6 is 23.2 Å². The Morgan fingerprint density at radius 2 is 2.13 bits per heavy atom. The van der Waals surface area contributed by atoms with E-state index < -0.39 is 0 Å². The highest BCUT2D eigenvalue weighted by Crippen LogP contribution is 2.19. The molecule has 0 spiro atoms. The molecule has 0 saturated carbocycles. The Bertz CT molecular complexity index is 390. The molecular weight excluding hydrogens is 229 g/mol. The molecule has 0 heterocycles. The lowest BCUT2D eigenvalue weighted by molar-refractivity contribution is 0.720. The Morgan fingerprint density at radius 3 is 2.80 bits per heavy atom. The van der Waals surface area contributed by atoms with Crippen LogP contribution in [0.5, 0.6) is 0 Å². The second-order valence-corrected chi connectivity index (χ2v) is 4.13. The molecule has 0 radical (unpaired) electrons. The first-order chi connectivity index (χ1) is 7.13. The highest BCUT2D eigenvalue weighted by Gasteiger charge is 1.98. The van der Waals surface area contributed by atoms with Crippen molar-refractivity contribution in [2.75, 3.05) is 0 Å². The van der Waals surface area contributed by atoms with E-state index in [0.717, 1.165) is 18.4 Å².